The second-order valence-corrected chi connectivity index (χ2v) is 6.92. The molecule has 2 aromatic rings. The molecule has 0 unspecified atom stereocenters. The van der Waals surface area contributed by atoms with Crippen LogP contribution in [0.15, 0.2) is 0 Å². The number of carbonyl (C=O) groups is 2. The van der Waals surface area contributed by atoms with Gasteiger partial charge < -0.3 is 10.1 Å². The number of hydrogen-bond donors (Lipinski definition) is 1. The van der Waals surface area contributed by atoms with Crippen molar-refractivity contribution in [2.45, 2.75) is 27.7 Å². The number of esters is 1. The lowest BCUT2D eigenvalue weighted by atomic mass is 10.2. The fraction of sp³-hybridized carbons (Fsp3) is 0.333. The first-order chi connectivity index (χ1) is 10.9. The summed E-state index contributed by atoms with van der Waals surface area (Å²) in [5.41, 5.74) is 1.44. The zero-order valence-electron chi connectivity index (χ0n) is 13.1. The standard InChI is InChI=1S/C15H15N3O3S2/c1-5-21-15(20)11-7(2)10(6-16)14(23-11)18-13(19)12-8(3)17-9(4)22-12/h5H2,1-4H3,(H,18,19). The number of thiophene rings is 1. The molecule has 0 aliphatic heterocycles. The van der Waals surface area contributed by atoms with Gasteiger partial charge in [0, 0.05) is 0 Å². The molecule has 0 saturated carbocycles. The molecule has 0 radical (unpaired) electrons. The molecule has 0 saturated heterocycles. The molecule has 0 spiro atoms. The molecule has 0 bridgehead atoms. The average molecular weight is 349 g/mol. The van der Waals surface area contributed by atoms with Crippen molar-refractivity contribution in [2.75, 3.05) is 11.9 Å². The van der Waals surface area contributed by atoms with Crippen molar-refractivity contribution in [1.82, 2.24) is 4.98 Å². The van der Waals surface area contributed by atoms with E-state index in [1.54, 1.807) is 20.8 Å². The topological polar surface area (TPSA) is 92.1 Å². The normalized spacial score (nSPS) is 10.2. The Hall–Kier alpha value is -2.24. The fourth-order valence-electron chi connectivity index (χ4n) is 2.03. The Bertz CT molecular complexity index is 815. The van der Waals surface area contributed by atoms with E-state index in [1.165, 1.54) is 11.3 Å². The number of thiazole rings is 1. The molecule has 8 heteroatoms. The summed E-state index contributed by atoms with van der Waals surface area (Å²) in [6, 6.07) is 2.03. The fourth-order valence-corrected chi connectivity index (χ4v) is 3.89. The molecular weight excluding hydrogens is 334 g/mol. The number of ether oxygens (including phenoxy) is 1. The zero-order chi connectivity index (χ0) is 17.1. The van der Waals surface area contributed by atoms with Crippen LogP contribution in [0.25, 0.3) is 0 Å². The molecule has 0 fully saturated rings. The first-order valence-corrected chi connectivity index (χ1v) is 8.48. The van der Waals surface area contributed by atoms with Crippen LogP contribution in [-0.2, 0) is 4.74 Å². The number of anilines is 1. The van der Waals surface area contributed by atoms with Crippen molar-refractivity contribution in [3.05, 3.63) is 31.6 Å². The number of aryl methyl sites for hydroxylation is 2. The van der Waals surface area contributed by atoms with Gasteiger partial charge in [0.25, 0.3) is 5.91 Å². The minimum absolute atomic E-state index is 0.249. The van der Waals surface area contributed by atoms with Crippen molar-refractivity contribution in [3.8, 4) is 6.07 Å². The molecule has 6 nitrogen and oxygen atoms in total. The summed E-state index contributed by atoms with van der Waals surface area (Å²) in [7, 11) is 0. The maximum atomic E-state index is 12.4. The van der Waals surface area contributed by atoms with Crippen LogP contribution in [0.5, 0.6) is 0 Å². The highest BCUT2D eigenvalue weighted by Gasteiger charge is 2.23. The lowest BCUT2D eigenvalue weighted by molar-refractivity contribution is 0.0531. The molecule has 0 atom stereocenters. The van der Waals surface area contributed by atoms with Crippen molar-refractivity contribution < 1.29 is 14.3 Å². The number of hydrogen-bond acceptors (Lipinski definition) is 7. The molecule has 2 rings (SSSR count). The second-order valence-electron chi connectivity index (χ2n) is 4.69. The van der Waals surface area contributed by atoms with Crippen LogP contribution in [0.1, 0.15) is 48.1 Å². The van der Waals surface area contributed by atoms with Crippen molar-refractivity contribution >= 4 is 39.6 Å². The number of carbonyl (C=O) groups excluding carboxylic acids is 2. The summed E-state index contributed by atoms with van der Waals surface area (Å²) < 4.78 is 4.98. The molecule has 2 heterocycles. The predicted octanol–water partition coefficient (Wildman–Crippen LogP) is 3.43. The van der Waals surface area contributed by atoms with Crippen molar-refractivity contribution in [2.24, 2.45) is 0 Å². The van der Waals surface area contributed by atoms with Gasteiger partial charge in [0.05, 0.1) is 22.9 Å². The molecule has 2 aromatic heterocycles. The molecule has 0 aromatic carbocycles. The maximum absolute atomic E-state index is 12.4. The molecule has 1 amide bonds. The minimum Gasteiger partial charge on any atom is -0.462 e. The van der Waals surface area contributed by atoms with Gasteiger partial charge in [-0.25, -0.2) is 9.78 Å². The summed E-state index contributed by atoms with van der Waals surface area (Å²) in [4.78, 5) is 29.3. The van der Waals surface area contributed by atoms with Gasteiger partial charge in [0.1, 0.15) is 20.8 Å². The Morgan fingerprint density at radius 3 is 2.48 bits per heavy atom. The number of nitrogens with zero attached hydrogens (tertiary/aromatic N) is 2. The Kier molecular flexibility index (Phi) is 5.13. The van der Waals surface area contributed by atoms with Gasteiger partial charge in [0.15, 0.2) is 0 Å². The van der Waals surface area contributed by atoms with Crippen LogP contribution in [0, 0.1) is 32.1 Å². The van der Waals surface area contributed by atoms with Gasteiger partial charge in [-0.1, -0.05) is 0 Å². The molecular formula is C15H15N3O3S2. The van der Waals surface area contributed by atoms with E-state index in [0.717, 1.165) is 16.3 Å². The SMILES string of the molecule is CCOC(=O)c1sc(NC(=O)c2sc(C)nc2C)c(C#N)c1C. The van der Waals surface area contributed by atoms with E-state index in [2.05, 4.69) is 10.3 Å². The largest absolute Gasteiger partial charge is 0.462 e. The van der Waals surface area contributed by atoms with E-state index in [-0.39, 0.29) is 18.1 Å². The highest BCUT2D eigenvalue weighted by atomic mass is 32.1. The Labute approximate surface area is 141 Å². The Morgan fingerprint density at radius 1 is 1.26 bits per heavy atom. The van der Waals surface area contributed by atoms with Crippen LogP contribution < -0.4 is 5.32 Å². The van der Waals surface area contributed by atoms with E-state index in [1.807, 2.05) is 13.0 Å². The molecule has 23 heavy (non-hydrogen) atoms. The highest BCUT2D eigenvalue weighted by molar-refractivity contribution is 7.18. The van der Waals surface area contributed by atoms with Gasteiger partial charge in [-0.3, -0.25) is 4.79 Å². The van der Waals surface area contributed by atoms with Gasteiger partial charge in [-0.05, 0) is 33.3 Å². The third-order valence-corrected chi connectivity index (χ3v) is 5.32. The lowest BCUT2D eigenvalue weighted by Crippen LogP contribution is -2.11. The second kappa shape index (κ2) is 6.89. The minimum atomic E-state index is -0.489. The molecule has 0 aliphatic carbocycles. The summed E-state index contributed by atoms with van der Waals surface area (Å²) >= 11 is 2.34. The number of aromatic nitrogens is 1. The lowest BCUT2D eigenvalue weighted by Gasteiger charge is -2.01. The number of nitriles is 1. The maximum Gasteiger partial charge on any atom is 0.348 e. The van der Waals surface area contributed by atoms with Crippen molar-refractivity contribution in [3.63, 3.8) is 0 Å². The third-order valence-electron chi connectivity index (χ3n) is 3.06. The zero-order valence-corrected chi connectivity index (χ0v) is 14.8. The van der Waals surface area contributed by atoms with Gasteiger partial charge in [-0.15, -0.1) is 22.7 Å². The van der Waals surface area contributed by atoms with Gasteiger partial charge >= 0.3 is 5.97 Å². The molecule has 0 aliphatic rings. The first-order valence-electron chi connectivity index (χ1n) is 6.85. The average Bonchev–Trinajstić information content (AvgIpc) is 2.98. The number of amides is 1. The van der Waals surface area contributed by atoms with Gasteiger partial charge in [-0.2, -0.15) is 5.26 Å². The summed E-state index contributed by atoms with van der Waals surface area (Å²) in [6.07, 6.45) is 0. The highest BCUT2D eigenvalue weighted by Crippen LogP contribution is 2.33. The Balaban J connectivity index is 2.35. The quantitative estimate of drug-likeness (QED) is 0.854. The van der Waals surface area contributed by atoms with E-state index in [9.17, 15) is 14.9 Å². The van der Waals surface area contributed by atoms with Crippen LogP contribution >= 0.6 is 22.7 Å². The van der Waals surface area contributed by atoms with E-state index in [4.69, 9.17) is 4.74 Å². The predicted molar refractivity (Wildman–Crippen MR) is 89.3 cm³/mol. The van der Waals surface area contributed by atoms with Crippen LogP contribution in [0.2, 0.25) is 0 Å². The van der Waals surface area contributed by atoms with E-state index >= 15 is 0 Å². The van der Waals surface area contributed by atoms with E-state index < -0.39 is 5.97 Å². The molecule has 1 N–H and O–H groups in total. The van der Waals surface area contributed by atoms with Gasteiger partial charge in [0.2, 0.25) is 0 Å². The summed E-state index contributed by atoms with van der Waals surface area (Å²) in [5, 5.41) is 13.2. The monoisotopic (exact) mass is 349 g/mol. The first kappa shape index (κ1) is 17.1. The van der Waals surface area contributed by atoms with Crippen LogP contribution in [0.4, 0.5) is 5.00 Å². The number of nitrogens with one attached hydrogen (secondary N) is 1. The third kappa shape index (κ3) is 3.41. The van der Waals surface area contributed by atoms with E-state index in [0.29, 0.717) is 26.0 Å². The number of rotatable bonds is 4. The summed E-state index contributed by atoms with van der Waals surface area (Å²) in [6.45, 7) is 7.21. The summed E-state index contributed by atoms with van der Waals surface area (Å²) in [5.74, 6) is -0.821. The van der Waals surface area contributed by atoms with Crippen LogP contribution in [-0.4, -0.2) is 23.5 Å². The van der Waals surface area contributed by atoms with Crippen molar-refractivity contribution in [1.29, 1.82) is 5.26 Å². The molecule has 120 valence electrons. The smallest absolute Gasteiger partial charge is 0.348 e. The van der Waals surface area contributed by atoms with Crippen LogP contribution in [0.3, 0.4) is 0 Å². The Morgan fingerprint density at radius 2 is 1.96 bits per heavy atom.